The Balaban J connectivity index is 2.02. The molecular weight excluding hydrogens is 256 g/mol. The first-order chi connectivity index (χ1) is 9.61. The van der Waals surface area contributed by atoms with Crippen LogP contribution in [0.3, 0.4) is 0 Å². The van der Waals surface area contributed by atoms with Gasteiger partial charge in [-0.3, -0.25) is 4.79 Å². The number of hydrogen-bond donors (Lipinski definition) is 1. The topological polar surface area (TPSA) is 89.9 Å². The van der Waals surface area contributed by atoms with Gasteiger partial charge in [-0.25, -0.2) is 4.68 Å². The maximum atomic E-state index is 12.1. The van der Waals surface area contributed by atoms with Gasteiger partial charge in [-0.05, 0) is 35.0 Å². The van der Waals surface area contributed by atoms with E-state index in [-0.39, 0.29) is 11.9 Å². The molecule has 0 aliphatic carbocycles. The van der Waals surface area contributed by atoms with Gasteiger partial charge in [0.2, 0.25) is 5.91 Å². The van der Waals surface area contributed by atoms with E-state index in [1.807, 2.05) is 31.2 Å². The molecule has 20 heavy (non-hydrogen) atoms. The van der Waals surface area contributed by atoms with Crippen LogP contribution >= 0.6 is 0 Å². The smallest absolute Gasteiger partial charge is 0.227 e. The predicted octanol–water partition coefficient (Wildman–Crippen LogP) is 0.0104. The number of nitrogens with zero attached hydrogens (tertiary/aromatic N) is 5. The van der Waals surface area contributed by atoms with Gasteiger partial charge in [0.05, 0.1) is 12.1 Å². The molecule has 0 spiro atoms. The molecule has 1 atom stereocenters. The molecule has 0 radical (unpaired) electrons. The second-order valence-corrected chi connectivity index (χ2v) is 4.69. The van der Waals surface area contributed by atoms with Crippen LogP contribution in [-0.2, 0) is 11.2 Å². The number of likely N-dealkylation sites (N-methyl/N-ethyl adjacent to an activating group) is 1. The summed E-state index contributed by atoms with van der Waals surface area (Å²) in [6, 6.07) is 7.60. The summed E-state index contributed by atoms with van der Waals surface area (Å²) in [4.78, 5) is 13.7. The van der Waals surface area contributed by atoms with Gasteiger partial charge in [0, 0.05) is 19.6 Å². The van der Waals surface area contributed by atoms with Gasteiger partial charge in [0.1, 0.15) is 6.33 Å². The quantitative estimate of drug-likeness (QED) is 0.829. The minimum atomic E-state index is 0.0444. The predicted molar refractivity (Wildman–Crippen MR) is 74.1 cm³/mol. The van der Waals surface area contributed by atoms with Crippen molar-refractivity contribution in [2.75, 3.05) is 13.6 Å². The summed E-state index contributed by atoms with van der Waals surface area (Å²) in [6.07, 6.45) is 1.88. The lowest BCUT2D eigenvalue weighted by atomic mass is 10.1. The van der Waals surface area contributed by atoms with Crippen LogP contribution in [0.4, 0.5) is 0 Å². The first kappa shape index (κ1) is 14.1. The number of aromatic nitrogens is 4. The fourth-order valence-electron chi connectivity index (χ4n) is 1.75. The van der Waals surface area contributed by atoms with Gasteiger partial charge >= 0.3 is 0 Å². The first-order valence-corrected chi connectivity index (χ1v) is 6.40. The molecule has 106 valence electrons. The Bertz CT molecular complexity index is 551. The molecule has 2 aromatic rings. The Morgan fingerprint density at radius 2 is 2.10 bits per heavy atom. The Morgan fingerprint density at radius 3 is 2.65 bits per heavy atom. The number of carbonyl (C=O) groups is 1. The Morgan fingerprint density at radius 1 is 1.40 bits per heavy atom. The molecule has 0 aliphatic heterocycles. The SMILES string of the molecule is CC(CN)N(C)C(=O)Cc1ccc(-n2cnnn2)cc1. The fourth-order valence-corrected chi connectivity index (χ4v) is 1.75. The third-order valence-corrected chi connectivity index (χ3v) is 3.30. The Kier molecular flexibility index (Phi) is 4.41. The number of benzene rings is 1. The van der Waals surface area contributed by atoms with Gasteiger partial charge in [0.25, 0.3) is 0 Å². The summed E-state index contributed by atoms with van der Waals surface area (Å²) in [5.74, 6) is 0.0538. The minimum absolute atomic E-state index is 0.0444. The highest BCUT2D eigenvalue weighted by Gasteiger charge is 2.14. The molecule has 7 heteroatoms. The van der Waals surface area contributed by atoms with Crippen molar-refractivity contribution in [3.8, 4) is 5.69 Å². The van der Waals surface area contributed by atoms with Crippen LogP contribution in [0.1, 0.15) is 12.5 Å². The van der Waals surface area contributed by atoms with Crippen molar-refractivity contribution in [2.24, 2.45) is 5.73 Å². The third-order valence-electron chi connectivity index (χ3n) is 3.30. The minimum Gasteiger partial charge on any atom is -0.341 e. The van der Waals surface area contributed by atoms with Gasteiger partial charge < -0.3 is 10.6 Å². The van der Waals surface area contributed by atoms with Gasteiger partial charge in [-0.2, -0.15) is 0 Å². The molecular formula is C13H18N6O. The first-order valence-electron chi connectivity index (χ1n) is 6.40. The van der Waals surface area contributed by atoms with Crippen molar-refractivity contribution < 1.29 is 4.79 Å². The monoisotopic (exact) mass is 274 g/mol. The average molecular weight is 274 g/mol. The van der Waals surface area contributed by atoms with E-state index in [4.69, 9.17) is 5.73 Å². The van der Waals surface area contributed by atoms with Crippen LogP contribution in [-0.4, -0.2) is 50.6 Å². The van der Waals surface area contributed by atoms with Crippen LogP contribution in [0.25, 0.3) is 5.69 Å². The third kappa shape index (κ3) is 3.18. The van der Waals surface area contributed by atoms with Gasteiger partial charge in [-0.15, -0.1) is 5.10 Å². The summed E-state index contributed by atoms with van der Waals surface area (Å²) >= 11 is 0. The standard InChI is InChI=1S/C13H18N6O/c1-10(8-14)18(2)13(20)7-11-3-5-12(6-4-11)19-9-15-16-17-19/h3-6,9-10H,7-8,14H2,1-2H3. The lowest BCUT2D eigenvalue weighted by Crippen LogP contribution is -2.40. The molecule has 1 amide bonds. The van der Waals surface area contributed by atoms with E-state index in [0.29, 0.717) is 13.0 Å². The largest absolute Gasteiger partial charge is 0.341 e. The van der Waals surface area contributed by atoms with E-state index in [0.717, 1.165) is 11.3 Å². The second kappa shape index (κ2) is 6.25. The van der Waals surface area contributed by atoms with Crippen LogP contribution < -0.4 is 5.73 Å². The van der Waals surface area contributed by atoms with Gasteiger partial charge in [-0.1, -0.05) is 12.1 Å². The summed E-state index contributed by atoms with van der Waals surface area (Å²) < 4.78 is 1.56. The molecule has 2 N–H and O–H groups in total. The molecule has 0 fully saturated rings. The van der Waals surface area contributed by atoms with Crippen molar-refractivity contribution in [2.45, 2.75) is 19.4 Å². The highest BCUT2D eigenvalue weighted by Crippen LogP contribution is 2.09. The van der Waals surface area contributed by atoms with E-state index in [1.165, 1.54) is 6.33 Å². The molecule has 0 aliphatic rings. The number of amides is 1. The maximum absolute atomic E-state index is 12.1. The Hall–Kier alpha value is -2.28. The number of carbonyl (C=O) groups excluding carboxylic acids is 1. The molecule has 1 aromatic carbocycles. The molecule has 0 bridgehead atoms. The van der Waals surface area contributed by atoms with Gasteiger partial charge in [0.15, 0.2) is 0 Å². The fraction of sp³-hybridized carbons (Fsp3) is 0.385. The van der Waals surface area contributed by atoms with Crippen molar-refractivity contribution in [3.05, 3.63) is 36.2 Å². The molecule has 0 saturated heterocycles. The zero-order valence-electron chi connectivity index (χ0n) is 11.6. The van der Waals surface area contributed by atoms with Crippen molar-refractivity contribution in [3.63, 3.8) is 0 Å². The molecule has 1 aromatic heterocycles. The summed E-state index contributed by atoms with van der Waals surface area (Å²) in [7, 11) is 1.77. The van der Waals surface area contributed by atoms with E-state index in [1.54, 1.807) is 16.6 Å². The van der Waals surface area contributed by atoms with Crippen LogP contribution in [0.5, 0.6) is 0 Å². The molecule has 1 unspecified atom stereocenters. The number of hydrogen-bond acceptors (Lipinski definition) is 5. The number of nitrogens with two attached hydrogens (primary N) is 1. The van der Waals surface area contributed by atoms with Crippen LogP contribution in [0.15, 0.2) is 30.6 Å². The number of tetrazole rings is 1. The summed E-state index contributed by atoms with van der Waals surface area (Å²) in [5.41, 5.74) is 7.37. The van der Waals surface area contributed by atoms with Crippen molar-refractivity contribution >= 4 is 5.91 Å². The zero-order valence-corrected chi connectivity index (χ0v) is 11.6. The average Bonchev–Trinajstić information content (AvgIpc) is 3.00. The molecule has 2 rings (SSSR count). The summed E-state index contributed by atoms with van der Waals surface area (Å²) in [6.45, 7) is 2.39. The van der Waals surface area contributed by atoms with Crippen molar-refractivity contribution in [1.82, 2.24) is 25.1 Å². The lowest BCUT2D eigenvalue weighted by Gasteiger charge is -2.23. The number of rotatable bonds is 5. The highest BCUT2D eigenvalue weighted by atomic mass is 16.2. The molecule has 7 nitrogen and oxygen atoms in total. The molecule has 0 saturated carbocycles. The Labute approximate surface area is 117 Å². The highest BCUT2D eigenvalue weighted by molar-refractivity contribution is 5.78. The van der Waals surface area contributed by atoms with Crippen LogP contribution in [0, 0.1) is 0 Å². The van der Waals surface area contributed by atoms with E-state index in [2.05, 4.69) is 15.5 Å². The molecule has 1 heterocycles. The van der Waals surface area contributed by atoms with Crippen molar-refractivity contribution in [1.29, 1.82) is 0 Å². The summed E-state index contributed by atoms with van der Waals surface area (Å²) in [5, 5.41) is 11.0. The maximum Gasteiger partial charge on any atom is 0.227 e. The van der Waals surface area contributed by atoms with E-state index in [9.17, 15) is 4.79 Å². The van der Waals surface area contributed by atoms with E-state index < -0.39 is 0 Å². The normalized spacial score (nSPS) is 12.2. The second-order valence-electron chi connectivity index (χ2n) is 4.69. The zero-order chi connectivity index (χ0) is 14.5. The lowest BCUT2D eigenvalue weighted by molar-refractivity contribution is -0.130. The van der Waals surface area contributed by atoms with E-state index >= 15 is 0 Å². The van der Waals surface area contributed by atoms with Crippen LogP contribution in [0.2, 0.25) is 0 Å².